The van der Waals surface area contributed by atoms with Crippen molar-refractivity contribution in [1.82, 2.24) is 5.32 Å². The van der Waals surface area contributed by atoms with E-state index in [2.05, 4.69) is 24.0 Å². The molecule has 0 unspecified atom stereocenters. The Morgan fingerprint density at radius 2 is 2.00 bits per heavy atom. The Hall–Kier alpha value is -1.70. The van der Waals surface area contributed by atoms with Crippen molar-refractivity contribution in [3.8, 4) is 0 Å². The highest BCUT2D eigenvalue weighted by molar-refractivity contribution is 5.23. The Labute approximate surface area is 77.5 Å². The van der Waals surface area contributed by atoms with Gasteiger partial charge in [0.2, 0.25) is 0 Å². The van der Waals surface area contributed by atoms with E-state index >= 15 is 0 Å². The SMILES string of the molecule is C=C1NC(Cc2ccccc2)=CO1. The Morgan fingerprint density at radius 3 is 2.62 bits per heavy atom. The number of hydrogen-bond donors (Lipinski definition) is 1. The number of rotatable bonds is 2. The summed E-state index contributed by atoms with van der Waals surface area (Å²) in [6.07, 6.45) is 2.56. The Morgan fingerprint density at radius 1 is 1.23 bits per heavy atom. The van der Waals surface area contributed by atoms with Crippen LogP contribution in [0.3, 0.4) is 0 Å². The smallest absolute Gasteiger partial charge is 0.189 e. The fourth-order valence-electron chi connectivity index (χ4n) is 1.28. The molecule has 0 saturated heterocycles. The van der Waals surface area contributed by atoms with Gasteiger partial charge in [0.25, 0.3) is 0 Å². The summed E-state index contributed by atoms with van der Waals surface area (Å²) >= 11 is 0. The van der Waals surface area contributed by atoms with Crippen molar-refractivity contribution in [3.63, 3.8) is 0 Å². The molecule has 2 heteroatoms. The molecule has 1 aliphatic heterocycles. The highest BCUT2D eigenvalue weighted by Gasteiger charge is 2.07. The zero-order valence-electron chi connectivity index (χ0n) is 7.29. The first kappa shape index (κ1) is 7.92. The summed E-state index contributed by atoms with van der Waals surface area (Å²) in [7, 11) is 0. The van der Waals surface area contributed by atoms with Gasteiger partial charge in [-0.3, -0.25) is 0 Å². The van der Waals surface area contributed by atoms with Crippen LogP contribution < -0.4 is 5.32 Å². The monoisotopic (exact) mass is 173 g/mol. The molecule has 1 heterocycles. The number of nitrogens with one attached hydrogen (secondary N) is 1. The Balaban J connectivity index is 2.04. The summed E-state index contributed by atoms with van der Waals surface area (Å²) in [5.74, 6) is 0.603. The Bertz CT molecular complexity index is 340. The molecule has 0 aromatic heterocycles. The fourth-order valence-corrected chi connectivity index (χ4v) is 1.28. The van der Waals surface area contributed by atoms with E-state index in [0.717, 1.165) is 12.1 Å². The van der Waals surface area contributed by atoms with Crippen molar-refractivity contribution in [2.45, 2.75) is 6.42 Å². The van der Waals surface area contributed by atoms with Crippen LogP contribution in [0.4, 0.5) is 0 Å². The van der Waals surface area contributed by atoms with E-state index in [1.54, 1.807) is 6.26 Å². The molecule has 2 nitrogen and oxygen atoms in total. The van der Waals surface area contributed by atoms with E-state index in [-0.39, 0.29) is 0 Å². The lowest BCUT2D eigenvalue weighted by Crippen LogP contribution is -2.07. The molecule has 0 amide bonds. The summed E-state index contributed by atoms with van der Waals surface area (Å²) in [4.78, 5) is 0. The molecular formula is C11H11NO. The molecule has 0 fully saturated rings. The standard InChI is InChI=1S/C11H11NO/c1-9-12-11(8-13-9)7-10-5-3-2-4-6-10/h2-6,8,12H,1,7H2. The fraction of sp³-hybridized carbons (Fsp3) is 0.0909. The van der Waals surface area contributed by atoms with Crippen LogP contribution in [0, 0.1) is 0 Å². The molecule has 2 rings (SSSR count). The molecule has 0 atom stereocenters. The molecule has 0 spiro atoms. The summed E-state index contributed by atoms with van der Waals surface area (Å²) < 4.78 is 5.07. The van der Waals surface area contributed by atoms with Gasteiger partial charge in [-0.2, -0.15) is 0 Å². The quantitative estimate of drug-likeness (QED) is 0.740. The first-order valence-corrected chi connectivity index (χ1v) is 4.20. The molecule has 1 N–H and O–H groups in total. The molecule has 66 valence electrons. The first-order valence-electron chi connectivity index (χ1n) is 4.20. The average molecular weight is 173 g/mol. The minimum Gasteiger partial charge on any atom is -0.448 e. The second-order valence-electron chi connectivity index (χ2n) is 2.97. The zero-order valence-corrected chi connectivity index (χ0v) is 7.29. The largest absolute Gasteiger partial charge is 0.448 e. The van der Waals surface area contributed by atoms with Crippen LogP contribution in [0.15, 0.2) is 54.8 Å². The van der Waals surface area contributed by atoms with Gasteiger partial charge in [-0.25, -0.2) is 0 Å². The highest BCUT2D eigenvalue weighted by Crippen LogP contribution is 2.12. The average Bonchev–Trinajstić information content (AvgIpc) is 2.53. The van der Waals surface area contributed by atoms with Gasteiger partial charge in [-0.15, -0.1) is 0 Å². The molecule has 1 aliphatic rings. The van der Waals surface area contributed by atoms with E-state index in [1.165, 1.54) is 5.56 Å². The van der Waals surface area contributed by atoms with Crippen molar-refractivity contribution < 1.29 is 4.74 Å². The summed E-state index contributed by atoms with van der Waals surface area (Å²) in [5, 5.41) is 3.05. The third-order valence-corrected chi connectivity index (χ3v) is 1.88. The van der Waals surface area contributed by atoms with Crippen LogP contribution in [-0.4, -0.2) is 0 Å². The van der Waals surface area contributed by atoms with Gasteiger partial charge >= 0.3 is 0 Å². The molecule has 0 saturated carbocycles. The predicted octanol–water partition coefficient (Wildman–Crippen LogP) is 2.16. The van der Waals surface area contributed by atoms with E-state index in [0.29, 0.717) is 5.88 Å². The topological polar surface area (TPSA) is 21.3 Å². The van der Waals surface area contributed by atoms with Crippen LogP contribution in [0.1, 0.15) is 5.56 Å². The molecule has 0 bridgehead atoms. The molecule has 1 aromatic rings. The third kappa shape index (κ3) is 1.90. The van der Waals surface area contributed by atoms with Gasteiger partial charge in [-0.05, 0) is 12.1 Å². The van der Waals surface area contributed by atoms with E-state index in [1.807, 2.05) is 18.2 Å². The van der Waals surface area contributed by atoms with Gasteiger partial charge in [0.15, 0.2) is 5.88 Å². The van der Waals surface area contributed by atoms with Gasteiger partial charge in [-0.1, -0.05) is 30.3 Å². The van der Waals surface area contributed by atoms with E-state index in [4.69, 9.17) is 4.74 Å². The lowest BCUT2D eigenvalue weighted by Gasteiger charge is -2.01. The molecule has 0 radical (unpaired) electrons. The van der Waals surface area contributed by atoms with Crippen LogP contribution >= 0.6 is 0 Å². The van der Waals surface area contributed by atoms with Crippen LogP contribution in [-0.2, 0) is 11.2 Å². The lowest BCUT2D eigenvalue weighted by atomic mass is 10.1. The maximum atomic E-state index is 5.07. The Kier molecular flexibility index (Phi) is 2.04. The van der Waals surface area contributed by atoms with Crippen molar-refractivity contribution in [3.05, 3.63) is 60.3 Å². The molecule has 1 aromatic carbocycles. The predicted molar refractivity (Wildman–Crippen MR) is 51.6 cm³/mol. The number of ether oxygens (including phenoxy) is 1. The van der Waals surface area contributed by atoms with Crippen LogP contribution in [0.2, 0.25) is 0 Å². The zero-order chi connectivity index (χ0) is 9.10. The highest BCUT2D eigenvalue weighted by atomic mass is 16.5. The maximum Gasteiger partial charge on any atom is 0.189 e. The first-order chi connectivity index (χ1) is 6.34. The summed E-state index contributed by atoms with van der Waals surface area (Å²) in [5.41, 5.74) is 2.32. The van der Waals surface area contributed by atoms with Crippen molar-refractivity contribution >= 4 is 0 Å². The van der Waals surface area contributed by atoms with Crippen LogP contribution in [0.5, 0.6) is 0 Å². The molecular weight excluding hydrogens is 162 g/mol. The number of hydrogen-bond acceptors (Lipinski definition) is 2. The van der Waals surface area contributed by atoms with Crippen LogP contribution in [0.25, 0.3) is 0 Å². The van der Waals surface area contributed by atoms with Gasteiger partial charge < -0.3 is 10.1 Å². The molecule has 13 heavy (non-hydrogen) atoms. The second kappa shape index (κ2) is 3.35. The lowest BCUT2D eigenvalue weighted by molar-refractivity contribution is 0.359. The summed E-state index contributed by atoms with van der Waals surface area (Å²) in [6, 6.07) is 10.2. The van der Waals surface area contributed by atoms with E-state index in [9.17, 15) is 0 Å². The third-order valence-electron chi connectivity index (χ3n) is 1.88. The van der Waals surface area contributed by atoms with Gasteiger partial charge in [0.1, 0.15) is 6.26 Å². The summed E-state index contributed by atoms with van der Waals surface area (Å²) in [6.45, 7) is 3.66. The van der Waals surface area contributed by atoms with Crippen molar-refractivity contribution in [2.24, 2.45) is 0 Å². The number of benzene rings is 1. The van der Waals surface area contributed by atoms with Gasteiger partial charge in [0.05, 0.1) is 5.70 Å². The maximum absolute atomic E-state index is 5.07. The van der Waals surface area contributed by atoms with Crippen molar-refractivity contribution in [1.29, 1.82) is 0 Å². The van der Waals surface area contributed by atoms with E-state index < -0.39 is 0 Å². The normalized spacial score (nSPS) is 14.8. The minimum atomic E-state index is 0.603. The second-order valence-corrected chi connectivity index (χ2v) is 2.97. The number of allylic oxidation sites excluding steroid dienone is 1. The minimum absolute atomic E-state index is 0.603. The van der Waals surface area contributed by atoms with Crippen molar-refractivity contribution in [2.75, 3.05) is 0 Å². The molecule has 0 aliphatic carbocycles. The van der Waals surface area contributed by atoms with Gasteiger partial charge in [0, 0.05) is 6.42 Å².